The van der Waals surface area contributed by atoms with Gasteiger partial charge in [0.15, 0.2) is 13.2 Å². The highest BCUT2D eigenvalue weighted by atomic mass is 35.5. The number of anilines is 1. The van der Waals surface area contributed by atoms with Crippen LogP contribution in [0.4, 0.5) is 5.69 Å². The molecular weight excluding hydrogens is 396 g/mol. The van der Waals surface area contributed by atoms with E-state index in [-0.39, 0.29) is 31.5 Å². The van der Waals surface area contributed by atoms with Crippen LogP contribution in [-0.4, -0.2) is 37.5 Å². The zero-order valence-electron chi connectivity index (χ0n) is 15.9. The van der Waals surface area contributed by atoms with Crippen LogP contribution in [0.1, 0.15) is 24.9 Å². The molecule has 2 amide bonds. The number of hydrogen-bond donors (Lipinski definition) is 1. The van der Waals surface area contributed by atoms with Crippen molar-refractivity contribution in [1.29, 1.82) is 0 Å². The van der Waals surface area contributed by atoms with Gasteiger partial charge in [0.25, 0.3) is 11.8 Å². The molecule has 0 aromatic heterocycles. The number of amides is 2. The van der Waals surface area contributed by atoms with Crippen molar-refractivity contribution >= 4 is 35.1 Å². The van der Waals surface area contributed by atoms with Gasteiger partial charge in [0.2, 0.25) is 0 Å². The topological polar surface area (TPSA) is 84.9 Å². The number of benzene rings is 2. The molecule has 1 aliphatic rings. The minimum atomic E-state index is -0.567. The molecule has 2 aromatic carbocycles. The number of ether oxygens (including phenoxy) is 2. The Bertz CT molecular complexity index is 917. The Morgan fingerprint density at radius 3 is 2.72 bits per heavy atom. The lowest BCUT2D eigenvalue weighted by Gasteiger charge is -2.28. The monoisotopic (exact) mass is 416 g/mol. The number of halogens is 1. The minimum Gasteiger partial charge on any atom is -0.482 e. The summed E-state index contributed by atoms with van der Waals surface area (Å²) in [5, 5.41) is 3.29. The summed E-state index contributed by atoms with van der Waals surface area (Å²) < 4.78 is 10.4. The Hall–Kier alpha value is -3.06. The molecule has 0 aliphatic carbocycles. The highest BCUT2D eigenvalue weighted by Gasteiger charge is 2.25. The molecule has 0 fully saturated rings. The van der Waals surface area contributed by atoms with Gasteiger partial charge in [-0.2, -0.15) is 0 Å². The van der Waals surface area contributed by atoms with E-state index >= 15 is 0 Å². The summed E-state index contributed by atoms with van der Waals surface area (Å²) in [7, 11) is 0. The third kappa shape index (κ3) is 5.26. The second-order valence-electron chi connectivity index (χ2n) is 6.52. The lowest BCUT2D eigenvalue weighted by molar-refractivity contribution is -0.148. The summed E-state index contributed by atoms with van der Waals surface area (Å²) in [5.41, 5.74) is 1.39. The van der Waals surface area contributed by atoms with Gasteiger partial charge in [0.1, 0.15) is 5.75 Å². The standard InChI is InChI=1S/C21H21ClN2O5/c1-14(15-6-2-3-7-16(15)22)23-19(25)12-29-21(27)10-11-24-17-8-4-5-9-18(17)28-13-20(24)26/h2-9,14H,10-13H2,1H3,(H,23,25)/t14-/m0/s1. The van der Waals surface area contributed by atoms with Crippen LogP contribution in [0.5, 0.6) is 5.75 Å². The van der Waals surface area contributed by atoms with Crippen molar-refractivity contribution in [3.63, 3.8) is 0 Å². The average Bonchev–Trinajstić information content (AvgIpc) is 2.71. The number of nitrogens with zero attached hydrogens (tertiary/aromatic N) is 1. The van der Waals surface area contributed by atoms with Crippen molar-refractivity contribution in [2.45, 2.75) is 19.4 Å². The molecule has 3 rings (SSSR count). The number of para-hydroxylation sites is 2. The normalized spacial score (nSPS) is 13.9. The molecule has 1 heterocycles. The summed E-state index contributed by atoms with van der Waals surface area (Å²) in [5.74, 6) is -0.642. The molecule has 0 saturated heterocycles. The first kappa shape index (κ1) is 20.7. The van der Waals surface area contributed by atoms with Crippen LogP contribution in [0.15, 0.2) is 48.5 Å². The summed E-state index contributed by atoms with van der Waals surface area (Å²) in [6, 6.07) is 14.0. The van der Waals surface area contributed by atoms with Crippen molar-refractivity contribution in [2.24, 2.45) is 0 Å². The first-order chi connectivity index (χ1) is 14.0. The highest BCUT2D eigenvalue weighted by molar-refractivity contribution is 6.31. The van der Waals surface area contributed by atoms with E-state index in [2.05, 4.69) is 5.32 Å². The Morgan fingerprint density at radius 2 is 1.93 bits per heavy atom. The SMILES string of the molecule is C[C@H](NC(=O)COC(=O)CCN1C(=O)COc2ccccc21)c1ccccc1Cl. The number of fused-ring (bicyclic) bond motifs is 1. The zero-order valence-corrected chi connectivity index (χ0v) is 16.6. The number of nitrogens with one attached hydrogen (secondary N) is 1. The van der Waals surface area contributed by atoms with E-state index < -0.39 is 18.5 Å². The fourth-order valence-corrected chi connectivity index (χ4v) is 3.31. The lowest BCUT2D eigenvalue weighted by Crippen LogP contribution is -2.40. The van der Waals surface area contributed by atoms with Crippen molar-refractivity contribution in [3.8, 4) is 5.75 Å². The maximum atomic E-state index is 12.1. The van der Waals surface area contributed by atoms with Gasteiger partial charge in [-0.25, -0.2) is 0 Å². The highest BCUT2D eigenvalue weighted by Crippen LogP contribution is 2.31. The van der Waals surface area contributed by atoms with E-state index in [9.17, 15) is 14.4 Å². The predicted molar refractivity (Wildman–Crippen MR) is 108 cm³/mol. The first-order valence-corrected chi connectivity index (χ1v) is 9.55. The summed E-state index contributed by atoms with van der Waals surface area (Å²) >= 11 is 6.12. The van der Waals surface area contributed by atoms with Gasteiger partial charge in [0, 0.05) is 11.6 Å². The van der Waals surface area contributed by atoms with E-state index in [0.717, 1.165) is 5.56 Å². The van der Waals surface area contributed by atoms with Crippen molar-refractivity contribution < 1.29 is 23.9 Å². The Kier molecular flexibility index (Phi) is 6.72. The molecular formula is C21H21ClN2O5. The fraction of sp³-hybridized carbons (Fsp3) is 0.286. The summed E-state index contributed by atoms with van der Waals surface area (Å²) in [4.78, 5) is 37.7. The van der Waals surface area contributed by atoms with E-state index in [1.807, 2.05) is 18.2 Å². The van der Waals surface area contributed by atoms with Crippen molar-refractivity contribution in [3.05, 3.63) is 59.1 Å². The van der Waals surface area contributed by atoms with E-state index in [1.165, 1.54) is 4.90 Å². The number of hydrogen-bond acceptors (Lipinski definition) is 5. The van der Waals surface area contributed by atoms with Crippen LogP contribution >= 0.6 is 11.6 Å². The second kappa shape index (κ2) is 9.43. The molecule has 8 heteroatoms. The van der Waals surface area contributed by atoms with Gasteiger partial charge in [0.05, 0.1) is 18.2 Å². The van der Waals surface area contributed by atoms with Crippen molar-refractivity contribution in [2.75, 3.05) is 24.7 Å². The molecule has 29 heavy (non-hydrogen) atoms. The molecule has 1 N–H and O–H groups in total. The van der Waals surface area contributed by atoms with Crippen LogP contribution < -0.4 is 15.0 Å². The molecule has 0 saturated carbocycles. The third-order valence-electron chi connectivity index (χ3n) is 4.46. The Balaban J connectivity index is 1.46. The molecule has 1 atom stereocenters. The summed E-state index contributed by atoms with van der Waals surface area (Å²) in [6.07, 6.45) is -0.0343. The number of carbonyl (C=O) groups excluding carboxylic acids is 3. The number of esters is 1. The minimum absolute atomic E-state index is 0.0343. The molecule has 1 aliphatic heterocycles. The predicted octanol–water partition coefficient (Wildman–Crippen LogP) is 2.88. The first-order valence-electron chi connectivity index (χ1n) is 9.17. The molecule has 0 unspecified atom stereocenters. The Labute approximate surface area is 173 Å². The van der Waals surface area contributed by atoms with Crippen LogP contribution in [0.2, 0.25) is 5.02 Å². The van der Waals surface area contributed by atoms with Gasteiger partial charge < -0.3 is 19.7 Å². The molecule has 152 valence electrons. The van der Waals surface area contributed by atoms with Gasteiger partial charge in [-0.3, -0.25) is 14.4 Å². The van der Waals surface area contributed by atoms with Crippen LogP contribution in [0, 0.1) is 0 Å². The van der Waals surface area contributed by atoms with Gasteiger partial charge in [-0.05, 0) is 30.7 Å². The third-order valence-corrected chi connectivity index (χ3v) is 4.81. The van der Waals surface area contributed by atoms with Crippen LogP contribution in [-0.2, 0) is 19.1 Å². The maximum Gasteiger partial charge on any atom is 0.308 e. The van der Waals surface area contributed by atoms with Crippen molar-refractivity contribution in [1.82, 2.24) is 5.32 Å². The zero-order chi connectivity index (χ0) is 20.8. The number of rotatable bonds is 7. The van der Waals surface area contributed by atoms with Gasteiger partial charge in [-0.15, -0.1) is 0 Å². The summed E-state index contributed by atoms with van der Waals surface area (Å²) in [6.45, 7) is 1.47. The fourth-order valence-electron chi connectivity index (χ4n) is 3.01. The maximum absolute atomic E-state index is 12.1. The van der Waals surface area contributed by atoms with Gasteiger partial charge in [-0.1, -0.05) is 41.9 Å². The van der Waals surface area contributed by atoms with Gasteiger partial charge >= 0.3 is 5.97 Å². The molecule has 2 aromatic rings. The average molecular weight is 417 g/mol. The van der Waals surface area contributed by atoms with Crippen LogP contribution in [0.3, 0.4) is 0 Å². The number of carbonyl (C=O) groups is 3. The quantitative estimate of drug-likeness (QED) is 0.701. The van der Waals surface area contributed by atoms with E-state index in [0.29, 0.717) is 16.5 Å². The second-order valence-corrected chi connectivity index (χ2v) is 6.93. The Morgan fingerprint density at radius 1 is 1.21 bits per heavy atom. The largest absolute Gasteiger partial charge is 0.482 e. The lowest BCUT2D eigenvalue weighted by atomic mass is 10.1. The van der Waals surface area contributed by atoms with E-state index in [4.69, 9.17) is 21.1 Å². The van der Waals surface area contributed by atoms with Crippen LogP contribution in [0.25, 0.3) is 0 Å². The van der Waals surface area contributed by atoms with E-state index in [1.54, 1.807) is 37.3 Å². The molecule has 7 nitrogen and oxygen atoms in total. The molecule has 0 radical (unpaired) electrons. The molecule has 0 spiro atoms. The smallest absolute Gasteiger partial charge is 0.308 e. The molecule has 0 bridgehead atoms.